The van der Waals surface area contributed by atoms with E-state index in [1.807, 2.05) is 0 Å². The number of hydrogen-bond acceptors (Lipinski definition) is 5. The van der Waals surface area contributed by atoms with Crippen molar-refractivity contribution in [3.63, 3.8) is 0 Å². The summed E-state index contributed by atoms with van der Waals surface area (Å²) in [6.07, 6.45) is 3.16. The molecule has 0 aliphatic carbocycles. The van der Waals surface area contributed by atoms with E-state index in [2.05, 4.69) is 25.1 Å². The average Bonchev–Trinajstić information content (AvgIpc) is 3.12. The van der Waals surface area contributed by atoms with E-state index in [0.717, 1.165) is 13.1 Å². The first-order valence-electron chi connectivity index (χ1n) is 9.19. The summed E-state index contributed by atoms with van der Waals surface area (Å²) in [5.74, 6) is 0.551. The lowest BCUT2D eigenvalue weighted by Gasteiger charge is -2.41. The number of benzene rings is 1. The first-order chi connectivity index (χ1) is 13.7. The maximum atomic E-state index is 14.5. The first-order valence-corrected chi connectivity index (χ1v) is 9.19. The highest BCUT2D eigenvalue weighted by molar-refractivity contribution is 5.94. The quantitative estimate of drug-likeness (QED) is 0.685. The minimum atomic E-state index is -0.458. The summed E-state index contributed by atoms with van der Waals surface area (Å²) < 4.78 is 26.5. The topological polar surface area (TPSA) is 76.4 Å². The first kappa shape index (κ1) is 17.1. The molecule has 2 aliphatic heterocycles. The second-order valence-corrected chi connectivity index (χ2v) is 7.18. The smallest absolute Gasteiger partial charge is 0.241 e. The van der Waals surface area contributed by atoms with Gasteiger partial charge < -0.3 is 19.8 Å². The van der Waals surface area contributed by atoms with Crippen molar-refractivity contribution in [1.29, 1.82) is 0 Å². The van der Waals surface area contributed by atoms with E-state index in [4.69, 9.17) is 16.0 Å². The fourth-order valence-electron chi connectivity index (χ4n) is 4.07. The van der Waals surface area contributed by atoms with Crippen LogP contribution in [0, 0.1) is 24.2 Å². The Balaban J connectivity index is 1.52. The SMILES string of the molecule is [C-]#[N+]c1ccc(-c2c[nH]c3c(OC4C5CNCC4COC5)ncnc23)c(F)c1. The van der Waals surface area contributed by atoms with Crippen LogP contribution in [0.2, 0.25) is 0 Å². The van der Waals surface area contributed by atoms with Gasteiger partial charge in [0.15, 0.2) is 5.69 Å². The molecule has 3 aromatic rings. The third-order valence-corrected chi connectivity index (χ3v) is 5.45. The van der Waals surface area contributed by atoms with Crippen molar-refractivity contribution in [2.24, 2.45) is 11.8 Å². The van der Waals surface area contributed by atoms with Gasteiger partial charge in [0.1, 0.15) is 29.3 Å². The second-order valence-electron chi connectivity index (χ2n) is 7.18. The Morgan fingerprint density at radius 3 is 2.75 bits per heavy atom. The number of H-pyrrole nitrogens is 1. The van der Waals surface area contributed by atoms with Gasteiger partial charge in [-0.1, -0.05) is 12.1 Å². The lowest BCUT2D eigenvalue weighted by atomic mass is 9.86. The number of halogens is 1. The lowest BCUT2D eigenvalue weighted by Crippen LogP contribution is -2.56. The molecule has 2 fully saturated rings. The number of aromatic amines is 1. The standard InChI is InChI=1S/C20H18FN5O2/c1-22-13-2-3-14(16(21)4-13)15-7-24-18-17(15)25-10-26-20(18)28-19-11-5-23-6-12(19)9-27-8-11/h2-4,7,10-12,19,23-24H,5-6,8-9H2. The molecule has 2 aliphatic rings. The Morgan fingerprint density at radius 2 is 2.00 bits per heavy atom. The van der Waals surface area contributed by atoms with Crippen LogP contribution in [0.25, 0.3) is 27.0 Å². The molecular formula is C20H18FN5O2. The van der Waals surface area contributed by atoms with Gasteiger partial charge in [0, 0.05) is 42.2 Å². The number of nitrogens with zero attached hydrogens (tertiary/aromatic N) is 3. The van der Waals surface area contributed by atoms with E-state index in [0.29, 0.717) is 41.3 Å². The predicted molar refractivity (Wildman–Crippen MR) is 101 cm³/mol. The summed E-state index contributed by atoms with van der Waals surface area (Å²) in [5.41, 5.74) is 2.50. The third kappa shape index (κ3) is 2.80. The van der Waals surface area contributed by atoms with Crippen LogP contribution in [0.3, 0.4) is 0 Å². The van der Waals surface area contributed by atoms with Crippen molar-refractivity contribution < 1.29 is 13.9 Å². The average molecular weight is 379 g/mol. The van der Waals surface area contributed by atoms with Crippen LogP contribution >= 0.6 is 0 Å². The molecule has 2 aromatic heterocycles. The minimum absolute atomic E-state index is 0.0227. The Morgan fingerprint density at radius 1 is 1.18 bits per heavy atom. The van der Waals surface area contributed by atoms with Crippen LogP contribution in [0.1, 0.15) is 0 Å². The maximum absolute atomic E-state index is 14.5. The molecule has 0 radical (unpaired) electrons. The molecule has 28 heavy (non-hydrogen) atoms. The van der Waals surface area contributed by atoms with Crippen LogP contribution in [0.4, 0.5) is 10.1 Å². The van der Waals surface area contributed by atoms with Gasteiger partial charge in [-0.3, -0.25) is 0 Å². The minimum Gasteiger partial charge on any atom is -0.472 e. The number of piperidine rings is 1. The van der Waals surface area contributed by atoms with E-state index in [1.54, 1.807) is 18.3 Å². The summed E-state index contributed by atoms with van der Waals surface area (Å²) in [6, 6.07) is 4.43. The van der Waals surface area contributed by atoms with E-state index < -0.39 is 5.82 Å². The summed E-state index contributed by atoms with van der Waals surface area (Å²) in [5, 5.41) is 3.42. The monoisotopic (exact) mass is 379 g/mol. The fraction of sp³-hybridized carbons (Fsp3) is 0.350. The van der Waals surface area contributed by atoms with Crippen molar-refractivity contribution in [2.45, 2.75) is 6.10 Å². The number of ether oxygens (including phenoxy) is 2. The molecule has 0 saturated carbocycles. The van der Waals surface area contributed by atoms with E-state index in [-0.39, 0.29) is 23.6 Å². The van der Waals surface area contributed by atoms with Gasteiger partial charge in [-0.15, -0.1) is 0 Å². The van der Waals surface area contributed by atoms with Crippen molar-refractivity contribution in [2.75, 3.05) is 26.3 Å². The maximum Gasteiger partial charge on any atom is 0.241 e. The van der Waals surface area contributed by atoms with Gasteiger partial charge in [0.2, 0.25) is 5.88 Å². The molecule has 8 heteroatoms. The second kappa shape index (κ2) is 6.86. The van der Waals surface area contributed by atoms with Gasteiger partial charge in [-0.25, -0.2) is 14.2 Å². The van der Waals surface area contributed by atoms with Crippen LogP contribution < -0.4 is 10.1 Å². The lowest BCUT2D eigenvalue weighted by molar-refractivity contribution is -0.0829. The van der Waals surface area contributed by atoms with Crippen LogP contribution in [0.15, 0.2) is 30.7 Å². The van der Waals surface area contributed by atoms with Crippen LogP contribution in [0.5, 0.6) is 5.88 Å². The number of hydrogen-bond donors (Lipinski definition) is 2. The molecule has 0 spiro atoms. The molecule has 7 nitrogen and oxygen atoms in total. The summed E-state index contributed by atoms with van der Waals surface area (Å²) in [7, 11) is 0. The third-order valence-electron chi connectivity index (χ3n) is 5.45. The number of nitrogens with one attached hydrogen (secondary N) is 2. The molecule has 1 aromatic carbocycles. The largest absolute Gasteiger partial charge is 0.472 e. The van der Waals surface area contributed by atoms with E-state index >= 15 is 0 Å². The van der Waals surface area contributed by atoms with Crippen LogP contribution in [-0.2, 0) is 4.74 Å². The van der Waals surface area contributed by atoms with Crippen molar-refractivity contribution >= 4 is 16.7 Å². The Bertz CT molecular complexity index is 1050. The molecule has 2 N–H and O–H groups in total. The van der Waals surface area contributed by atoms with Crippen molar-refractivity contribution in [3.05, 3.63) is 48.0 Å². The van der Waals surface area contributed by atoms with Gasteiger partial charge in [-0.2, -0.15) is 4.98 Å². The van der Waals surface area contributed by atoms with Crippen LogP contribution in [-0.4, -0.2) is 47.4 Å². The number of fused-ring (bicyclic) bond motifs is 3. The predicted octanol–water partition coefficient (Wildman–Crippen LogP) is 2.93. The Kier molecular flexibility index (Phi) is 4.19. The highest BCUT2D eigenvalue weighted by Gasteiger charge is 2.39. The molecule has 142 valence electrons. The number of aromatic nitrogens is 3. The summed E-state index contributed by atoms with van der Waals surface area (Å²) in [6.45, 7) is 10.1. The highest BCUT2D eigenvalue weighted by Crippen LogP contribution is 2.35. The zero-order valence-electron chi connectivity index (χ0n) is 15.0. The molecule has 0 amide bonds. The zero-order chi connectivity index (χ0) is 19.1. The fourth-order valence-corrected chi connectivity index (χ4v) is 4.07. The molecule has 2 atom stereocenters. The molecule has 2 unspecified atom stereocenters. The van der Waals surface area contributed by atoms with Crippen molar-refractivity contribution in [3.8, 4) is 17.0 Å². The zero-order valence-corrected chi connectivity index (χ0v) is 15.0. The van der Waals surface area contributed by atoms with Gasteiger partial charge in [0.25, 0.3) is 0 Å². The highest BCUT2D eigenvalue weighted by atomic mass is 19.1. The van der Waals surface area contributed by atoms with E-state index in [9.17, 15) is 4.39 Å². The molecular weight excluding hydrogens is 361 g/mol. The number of rotatable bonds is 3. The Hall–Kier alpha value is -3.02. The summed E-state index contributed by atoms with van der Waals surface area (Å²) >= 11 is 0. The normalized spacial score (nSPS) is 24.1. The van der Waals surface area contributed by atoms with Gasteiger partial charge in [0.05, 0.1) is 19.8 Å². The molecule has 2 bridgehead atoms. The van der Waals surface area contributed by atoms with Crippen molar-refractivity contribution in [1.82, 2.24) is 20.3 Å². The molecule has 2 saturated heterocycles. The van der Waals surface area contributed by atoms with Gasteiger partial charge >= 0.3 is 0 Å². The Labute approximate surface area is 160 Å². The molecule has 4 heterocycles. The van der Waals surface area contributed by atoms with E-state index in [1.165, 1.54) is 12.4 Å². The molecule has 5 rings (SSSR count). The van der Waals surface area contributed by atoms with Gasteiger partial charge in [-0.05, 0) is 6.07 Å². The summed E-state index contributed by atoms with van der Waals surface area (Å²) in [4.78, 5) is 15.1.